The number of carbonyl (C=O) groups is 1. The Kier molecular flexibility index (Phi) is 3.40. The molecule has 0 aliphatic carbocycles. The maximum Gasteiger partial charge on any atom is 0.347 e. The number of aromatic nitrogens is 1. The van der Waals surface area contributed by atoms with Gasteiger partial charge in [-0.1, -0.05) is 11.3 Å². The van der Waals surface area contributed by atoms with Gasteiger partial charge in [-0.3, -0.25) is 0 Å². The van der Waals surface area contributed by atoms with Gasteiger partial charge in [-0.05, 0) is 32.9 Å². The SMILES string of the molecule is Cc1nc(NC2CCNCC2)sc1C(=O)O. The van der Waals surface area contributed by atoms with Crippen molar-refractivity contribution in [3.63, 3.8) is 0 Å². The van der Waals surface area contributed by atoms with Gasteiger partial charge in [0.1, 0.15) is 4.88 Å². The predicted octanol–water partition coefficient (Wildman–Crippen LogP) is 1.31. The Morgan fingerprint density at radius 2 is 2.25 bits per heavy atom. The summed E-state index contributed by atoms with van der Waals surface area (Å²) in [5.74, 6) is -0.895. The third-order valence-electron chi connectivity index (χ3n) is 2.66. The van der Waals surface area contributed by atoms with Gasteiger partial charge in [-0.15, -0.1) is 0 Å². The van der Waals surface area contributed by atoms with E-state index in [1.807, 2.05) is 0 Å². The third kappa shape index (κ3) is 2.51. The van der Waals surface area contributed by atoms with Crippen molar-refractivity contribution in [3.8, 4) is 0 Å². The molecule has 5 nitrogen and oxygen atoms in total. The number of carboxylic acid groups (broad SMARTS) is 1. The molecule has 1 aromatic rings. The van der Waals surface area contributed by atoms with E-state index in [1.165, 1.54) is 11.3 Å². The van der Waals surface area contributed by atoms with Gasteiger partial charge >= 0.3 is 5.97 Å². The number of nitrogens with one attached hydrogen (secondary N) is 2. The molecule has 0 amide bonds. The van der Waals surface area contributed by atoms with Gasteiger partial charge in [0.2, 0.25) is 0 Å². The lowest BCUT2D eigenvalue weighted by atomic mass is 10.1. The number of nitrogens with zero attached hydrogens (tertiary/aromatic N) is 1. The molecule has 2 rings (SSSR count). The van der Waals surface area contributed by atoms with Gasteiger partial charge in [0.25, 0.3) is 0 Å². The standard InChI is InChI=1S/C10H15N3O2S/c1-6-8(9(14)15)16-10(12-6)13-7-2-4-11-5-3-7/h7,11H,2-5H2,1H3,(H,12,13)(H,14,15). The summed E-state index contributed by atoms with van der Waals surface area (Å²) in [5, 5.41) is 16.2. The lowest BCUT2D eigenvalue weighted by Crippen LogP contribution is -2.35. The normalized spacial score (nSPS) is 17.3. The molecule has 0 unspecified atom stereocenters. The fourth-order valence-electron chi connectivity index (χ4n) is 1.80. The fraction of sp³-hybridized carbons (Fsp3) is 0.600. The van der Waals surface area contributed by atoms with Crippen LogP contribution in [0.1, 0.15) is 28.2 Å². The van der Waals surface area contributed by atoms with Crippen LogP contribution in [0.5, 0.6) is 0 Å². The number of anilines is 1. The molecule has 2 heterocycles. The minimum Gasteiger partial charge on any atom is -0.477 e. The van der Waals surface area contributed by atoms with E-state index in [0.717, 1.165) is 31.1 Å². The largest absolute Gasteiger partial charge is 0.477 e. The summed E-state index contributed by atoms with van der Waals surface area (Å²) in [4.78, 5) is 15.4. The predicted molar refractivity (Wildman–Crippen MR) is 63.3 cm³/mol. The molecular weight excluding hydrogens is 226 g/mol. The molecule has 0 atom stereocenters. The zero-order valence-electron chi connectivity index (χ0n) is 9.12. The average molecular weight is 241 g/mol. The molecule has 1 fully saturated rings. The molecule has 0 aromatic carbocycles. The zero-order chi connectivity index (χ0) is 11.5. The fourth-order valence-corrected chi connectivity index (χ4v) is 2.68. The quantitative estimate of drug-likeness (QED) is 0.744. The van der Waals surface area contributed by atoms with Gasteiger partial charge in [-0.2, -0.15) is 0 Å². The van der Waals surface area contributed by atoms with Crippen molar-refractivity contribution in [1.29, 1.82) is 0 Å². The number of rotatable bonds is 3. The molecule has 3 N–H and O–H groups in total. The summed E-state index contributed by atoms with van der Waals surface area (Å²) in [6.45, 7) is 3.75. The van der Waals surface area contributed by atoms with Gasteiger partial charge in [0, 0.05) is 6.04 Å². The van der Waals surface area contributed by atoms with Crippen LogP contribution in [0.3, 0.4) is 0 Å². The Balaban J connectivity index is 2.03. The minimum atomic E-state index is -0.895. The van der Waals surface area contributed by atoms with Crippen LogP contribution < -0.4 is 10.6 Å². The maximum atomic E-state index is 10.9. The van der Waals surface area contributed by atoms with E-state index in [9.17, 15) is 4.79 Å². The van der Waals surface area contributed by atoms with Gasteiger partial charge in [-0.25, -0.2) is 9.78 Å². The van der Waals surface area contributed by atoms with Crippen LogP contribution in [-0.2, 0) is 0 Å². The van der Waals surface area contributed by atoms with Crippen molar-refractivity contribution in [1.82, 2.24) is 10.3 Å². The van der Waals surface area contributed by atoms with E-state index >= 15 is 0 Å². The highest BCUT2D eigenvalue weighted by Gasteiger charge is 2.17. The lowest BCUT2D eigenvalue weighted by molar-refractivity contribution is 0.0701. The molecule has 0 saturated carbocycles. The first-order chi connectivity index (χ1) is 7.66. The van der Waals surface area contributed by atoms with Crippen LogP contribution in [0.4, 0.5) is 5.13 Å². The highest BCUT2D eigenvalue weighted by Crippen LogP contribution is 2.24. The molecule has 6 heteroatoms. The second-order valence-corrected chi connectivity index (χ2v) is 4.91. The molecule has 1 aromatic heterocycles. The Hall–Kier alpha value is -1.14. The number of thiazole rings is 1. The summed E-state index contributed by atoms with van der Waals surface area (Å²) in [5.41, 5.74) is 0.592. The summed E-state index contributed by atoms with van der Waals surface area (Å²) < 4.78 is 0. The van der Waals surface area contributed by atoms with E-state index in [0.29, 0.717) is 16.6 Å². The van der Waals surface area contributed by atoms with E-state index < -0.39 is 5.97 Å². The number of aryl methyl sites for hydroxylation is 1. The number of hydrogen-bond acceptors (Lipinski definition) is 5. The highest BCUT2D eigenvalue weighted by atomic mass is 32.1. The molecule has 0 radical (unpaired) electrons. The first kappa shape index (κ1) is 11.3. The Bertz CT molecular complexity index is 385. The topological polar surface area (TPSA) is 74.2 Å². The van der Waals surface area contributed by atoms with Gasteiger partial charge in [0.15, 0.2) is 5.13 Å². The maximum absolute atomic E-state index is 10.9. The van der Waals surface area contributed by atoms with Crippen molar-refractivity contribution in [2.75, 3.05) is 18.4 Å². The molecule has 1 aliphatic rings. The van der Waals surface area contributed by atoms with Crippen molar-refractivity contribution in [3.05, 3.63) is 10.6 Å². The number of carboxylic acids is 1. The second-order valence-electron chi connectivity index (χ2n) is 3.91. The average Bonchev–Trinajstić information content (AvgIpc) is 2.61. The monoisotopic (exact) mass is 241 g/mol. The summed E-state index contributed by atoms with van der Waals surface area (Å²) >= 11 is 1.22. The minimum absolute atomic E-state index is 0.330. The van der Waals surface area contributed by atoms with Crippen LogP contribution >= 0.6 is 11.3 Å². The Morgan fingerprint density at radius 1 is 1.56 bits per heavy atom. The van der Waals surface area contributed by atoms with Crippen LogP contribution in [0.2, 0.25) is 0 Å². The lowest BCUT2D eigenvalue weighted by Gasteiger charge is -2.23. The Morgan fingerprint density at radius 3 is 2.81 bits per heavy atom. The summed E-state index contributed by atoms with van der Waals surface area (Å²) in [6.07, 6.45) is 2.11. The summed E-state index contributed by atoms with van der Waals surface area (Å²) in [7, 11) is 0. The first-order valence-electron chi connectivity index (χ1n) is 5.35. The van der Waals surface area contributed by atoms with Crippen molar-refractivity contribution >= 4 is 22.4 Å². The molecular formula is C10H15N3O2S. The third-order valence-corrected chi connectivity index (χ3v) is 3.73. The van der Waals surface area contributed by atoms with Crippen molar-refractivity contribution in [2.45, 2.75) is 25.8 Å². The van der Waals surface area contributed by atoms with Crippen LogP contribution in [0, 0.1) is 6.92 Å². The molecule has 16 heavy (non-hydrogen) atoms. The molecule has 88 valence electrons. The first-order valence-corrected chi connectivity index (χ1v) is 6.16. The second kappa shape index (κ2) is 4.80. The van der Waals surface area contributed by atoms with E-state index in [1.54, 1.807) is 6.92 Å². The number of hydrogen-bond donors (Lipinski definition) is 3. The smallest absolute Gasteiger partial charge is 0.347 e. The van der Waals surface area contributed by atoms with Gasteiger partial charge < -0.3 is 15.7 Å². The van der Waals surface area contributed by atoms with Crippen molar-refractivity contribution in [2.24, 2.45) is 0 Å². The van der Waals surface area contributed by atoms with Gasteiger partial charge in [0.05, 0.1) is 5.69 Å². The van der Waals surface area contributed by atoms with E-state index in [2.05, 4.69) is 15.6 Å². The van der Waals surface area contributed by atoms with Crippen LogP contribution in [-0.4, -0.2) is 35.2 Å². The van der Waals surface area contributed by atoms with Crippen LogP contribution in [0.25, 0.3) is 0 Å². The molecule has 1 aliphatic heterocycles. The van der Waals surface area contributed by atoms with Crippen molar-refractivity contribution < 1.29 is 9.90 Å². The summed E-state index contributed by atoms with van der Waals surface area (Å²) in [6, 6.07) is 0.411. The zero-order valence-corrected chi connectivity index (χ0v) is 9.93. The van der Waals surface area contributed by atoms with E-state index in [-0.39, 0.29) is 0 Å². The highest BCUT2D eigenvalue weighted by molar-refractivity contribution is 7.17. The Labute approximate surface area is 97.9 Å². The van der Waals surface area contributed by atoms with E-state index in [4.69, 9.17) is 5.11 Å². The molecule has 0 spiro atoms. The molecule has 1 saturated heterocycles. The molecule has 0 bridgehead atoms. The number of piperidine rings is 1. The number of aromatic carboxylic acids is 1. The van der Waals surface area contributed by atoms with Crippen LogP contribution in [0.15, 0.2) is 0 Å².